The molecule has 0 spiro atoms. The first-order valence-corrected chi connectivity index (χ1v) is 9.15. The Bertz CT molecular complexity index is 526. The molecule has 1 aliphatic carbocycles. The Balaban J connectivity index is 1.97. The third-order valence-corrected chi connectivity index (χ3v) is 7.24. The summed E-state index contributed by atoms with van der Waals surface area (Å²) in [6.45, 7) is 0. The fourth-order valence-corrected chi connectivity index (χ4v) is 6.14. The van der Waals surface area contributed by atoms with Gasteiger partial charge in [0.1, 0.15) is 0 Å². The largest absolute Gasteiger partial charge is 0.399 e. The van der Waals surface area contributed by atoms with Gasteiger partial charge in [-0.1, -0.05) is 43.5 Å². The molecule has 4 N–H and O–H groups in total. The molecule has 0 unspecified atom stereocenters. The van der Waals surface area contributed by atoms with Gasteiger partial charge in [-0.05, 0) is 61.3 Å². The summed E-state index contributed by atoms with van der Waals surface area (Å²) in [5.74, 6) is 0. The quantitative estimate of drug-likeness (QED) is 0.672. The van der Waals surface area contributed by atoms with Gasteiger partial charge >= 0.3 is 0 Å². The van der Waals surface area contributed by atoms with Crippen LogP contribution >= 0.6 is 7.92 Å². The lowest BCUT2D eigenvalue weighted by Gasteiger charge is -2.31. The molecule has 3 rings (SSSR count). The van der Waals surface area contributed by atoms with E-state index in [9.17, 15) is 0 Å². The van der Waals surface area contributed by atoms with Crippen LogP contribution in [0.5, 0.6) is 0 Å². The van der Waals surface area contributed by atoms with Gasteiger partial charge in [-0.15, -0.1) is 0 Å². The summed E-state index contributed by atoms with van der Waals surface area (Å²) in [4.78, 5) is 0. The first kappa shape index (κ1) is 14.4. The van der Waals surface area contributed by atoms with Crippen molar-refractivity contribution in [2.45, 2.75) is 37.8 Å². The summed E-state index contributed by atoms with van der Waals surface area (Å²) < 4.78 is 0. The Labute approximate surface area is 128 Å². The van der Waals surface area contributed by atoms with Crippen LogP contribution in [0.25, 0.3) is 0 Å². The van der Waals surface area contributed by atoms with E-state index in [0.717, 1.165) is 17.0 Å². The van der Waals surface area contributed by atoms with E-state index in [1.807, 2.05) is 24.3 Å². The van der Waals surface area contributed by atoms with Crippen molar-refractivity contribution in [3.63, 3.8) is 0 Å². The fraction of sp³-hybridized carbons (Fsp3) is 0.333. The lowest BCUT2D eigenvalue weighted by Crippen LogP contribution is -2.23. The molecule has 2 nitrogen and oxygen atoms in total. The fourth-order valence-electron chi connectivity index (χ4n) is 3.18. The molecule has 0 saturated heterocycles. The number of anilines is 2. The molecule has 0 aromatic heterocycles. The Hall–Kier alpha value is -1.53. The van der Waals surface area contributed by atoms with Gasteiger partial charge in [0.15, 0.2) is 0 Å². The zero-order chi connectivity index (χ0) is 14.7. The number of nitrogen functional groups attached to an aromatic ring is 2. The second-order valence-corrected chi connectivity index (χ2v) is 8.35. The maximum Gasteiger partial charge on any atom is 0.0314 e. The lowest BCUT2D eigenvalue weighted by molar-refractivity contribution is 0.513. The van der Waals surface area contributed by atoms with Crippen LogP contribution in [-0.4, -0.2) is 5.66 Å². The molecule has 1 fully saturated rings. The Kier molecular flexibility index (Phi) is 4.45. The van der Waals surface area contributed by atoms with Crippen molar-refractivity contribution in [1.82, 2.24) is 0 Å². The van der Waals surface area contributed by atoms with E-state index < -0.39 is 0 Å². The highest BCUT2D eigenvalue weighted by Gasteiger charge is 2.26. The van der Waals surface area contributed by atoms with Gasteiger partial charge in [0.2, 0.25) is 0 Å². The van der Waals surface area contributed by atoms with Gasteiger partial charge < -0.3 is 11.5 Å². The van der Waals surface area contributed by atoms with Crippen molar-refractivity contribution in [2.24, 2.45) is 0 Å². The topological polar surface area (TPSA) is 52.0 Å². The van der Waals surface area contributed by atoms with Crippen molar-refractivity contribution >= 4 is 29.9 Å². The molecule has 0 aliphatic heterocycles. The predicted molar refractivity (Wildman–Crippen MR) is 94.8 cm³/mol. The summed E-state index contributed by atoms with van der Waals surface area (Å²) in [7, 11) is -0.305. The average Bonchev–Trinajstić information content (AvgIpc) is 2.52. The molecule has 0 heterocycles. The van der Waals surface area contributed by atoms with Crippen LogP contribution in [0.1, 0.15) is 32.1 Å². The normalized spacial score (nSPS) is 16.2. The van der Waals surface area contributed by atoms with Crippen molar-refractivity contribution in [3.8, 4) is 0 Å². The lowest BCUT2D eigenvalue weighted by atomic mass is 10.0. The van der Waals surface area contributed by atoms with E-state index in [0.29, 0.717) is 0 Å². The molecule has 1 saturated carbocycles. The van der Waals surface area contributed by atoms with Crippen LogP contribution < -0.4 is 22.1 Å². The highest BCUT2D eigenvalue weighted by atomic mass is 31.1. The van der Waals surface area contributed by atoms with Crippen LogP contribution in [0.4, 0.5) is 11.4 Å². The van der Waals surface area contributed by atoms with Gasteiger partial charge in [-0.2, -0.15) is 0 Å². The van der Waals surface area contributed by atoms with Gasteiger partial charge in [0.05, 0.1) is 0 Å². The highest BCUT2D eigenvalue weighted by molar-refractivity contribution is 7.73. The van der Waals surface area contributed by atoms with Crippen molar-refractivity contribution in [1.29, 1.82) is 0 Å². The minimum atomic E-state index is -0.305. The van der Waals surface area contributed by atoms with Crippen LogP contribution in [0.2, 0.25) is 0 Å². The SMILES string of the molecule is Nc1ccc(P(c2ccc(N)cc2)C2CCCCC2)cc1. The summed E-state index contributed by atoms with van der Waals surface area (Å²) in [5, 5.41) is 2.88. The zero-order valence-corrected chi connectivity index (χ0v) is 13.2. The molecular weight excluding hydrogens is 275 g/mol. The van der Waals surface area contributed by atoms with Gasteiger partial charge in [-0.3, -0.25) is 0 Å². The van der Waals surface area contributed by atoms with Crippen molar-refractivity contribution in [2.75, 3.05) is 11.5 Å². The Morgan fingerprint density at radius 1 is 0.667 bits per heavy atom. The van der Waals surface area contributed by atoms with Crippen LogP contribution in [0.3, 0.4) is 0 Å². The van der Waals surface area contributed by atoms with E-state index in [1.54, 1.807) is 0 Å². The van der Waals surface area contributed by atoms with Gasteiger partial charge in [-0.25, -0.2) is 0 Å². The van der Waals surface area contributed by atoms with Crippen LogP contribution in [0, 0.1) is 0 Å². The number of rotatable bonds is 3. The molecule has 0 radical (unpaired) electrons. The van der Waals surface area contributed by atoms with Crippen molar-refractivity contribution < 1.29 is 0 Å². The van der Waals surface area contributed by atoms with E-state index in [4.69, 9.17) is 11.5 Å². The van der Waals surface area contributed by atoms with Gasteiger partial charge in [0, 0.05) is 11.4 Å². The predicted octanol–water partition coefficient (Wildman–Crippen LogP) is 3.62. The first-order chi connectivity index (χ1) is 10.2. The number of nitrogens with two attached hydrogens (primary N) is 2. The maximum absolute atomic E-state index is 5.85. The van der Waals surface area contributed by atoms with Crippen LogP contribution in [-0.2, 0) is 0 Å². The van der Waals surface area contributed by atoms with E-state index in [1.165, 1.54) is 42.7 Å². The molecule has 1 aliphatic rings. The Morgan fingerprint density at radius 2 is 1.10 bits per heavy atom. The summed E-state index contributed by atoms with van der Waals surface area (Å²) >= 11 is 0. The minimum absolute atomic E-state index is 0.305. The molecular formula is C18H23N2P. The molecule has 3 heteroatoms. The smallest absolute Gasteiger partial charge is 0.0314 e. The zero-order valence-electron chi connectivity index (χ0n) is 12.3. The molecule has 0 bridgehead atoms. The molecule has 21 heavy (non-hydrogen) atoms. The third kappa shape index (κ3) is 3.39. The molecule has 0 atom stereocenters. The second kappa shape index (κ2) is 6.49. The monoisotopic (exact) mass is 298 g/mol. The molecule has 0 amide bonds. The minimum Gasteiger partial charge on any atom is -0.399 e. The second-order valence-electron chi connectivity index (χ2n) is 5.84. The first-order valence-electron chi connectivity index (χ1n) is 7.74. The number of hydrogen-bond acceptors (Lipinski definition) is 2. The number of benzene rings is 2. The average molecular weight is 298 g/mol. The van der Waals surface area contributed by atoms with Gasteiger partial charge in [0.25, 0.3) is 0 Å². The summed E-state index contributed by atoms with van der Waals surface area (Å²) in [6.07, 6.45) is 6.82. The Morgan fingerprint density at radius 3 is 1.52 bits per heavy atom. The van der Waals surface area contributed by atoms with E-state index in [2.05, 4.69) is 24.3 Å². The third-order valence-electron chi connectivity index (χ3n) is 4.28. The molecule has 2 aromatic carbocycles. The summed E-state index contributed by atoms with van der Waals surface area (Å²) in [6, 6.07) is 17.0. The summed E-state index contributed by atoms with van der Waals surface area (Å²) in [5.41, 5.74) is 14.2. The number of hydrogen-bond donors (Lipinski definition) is 2. The molecule has 110 valence electrons. The van der Waals surface area contributed by atoms with E-state index >= 15 is 0 Å². The van der Waals surface area contributed by atoms with E-state index in [-0.39, 0.29) is 7.92 Å². The van der Waals surface area contributed by atoms with Crippen molar-refractivity contribution in [3.05, 3.63) is 48.5 Å². The highest BCUT2D eigenvalue weighted by Crippen LogP contribution is 2.46. The maximum atomic E-state index is 5.85. The molecule has 2 aromatic rings. The van der Waals surface area contributed by atoms with Crippen LogP contribution in [0.15, 0.2) is 48.5 Å². The standard InChI is InChI=1S/C18H23N2P/c19-14-6-10-17(11-7-14)21(16-4-2-1-3-5-16)18-12-8-15(20)9-13-18/h6-13,16H,1-5,19-20H2.